The summed E-state index contributed by atoms with van der Waals surface area (Å²) in [6.45, 7) is 2.73. The topological polar surface area (TPSA) is 35.3 Å². The van der Waals surface area contributed by atoms with Crippen LogP contribution in [0, 0.1) is 0 Å². The third-order valence-corrected chi connectivity index (χ3v) is 6.39. The van der Waals surface area contributed by atoms with E-state index in [1.165, 1.54) is 25.7 Å². The molecule has 0 saturated heterocycles. The molecule has 0 aliphatic heterocycles. The Labute approximate surface area is 186 Å². The molecule has 2 aromatic carbocycles. The first kappa shape index (κ1) is 21.0. The van der Waals surface area contributed by atoms with E-state index in [0.29, 0.717) is 12.5 Å². The SMILES string of the molecule is CCCCCCc1csc(-c2cc3cc(OCc4ccccc4CCl)ccc3o2)n1. The first-order valence-electron chi connectivity index (χ1n) is 10.5. The number of fused-ring (bicyclic) bond motifs is 1. The molecule has 0 spiro atoms. The smallest absolute Gasteiger partial charge is 0.164 e. The third-order valence-electron chi connectivity index (χ3n) is 5.19. The zero-order chi connectivity index (χ0) is 20.8. The summed E-state index contributed by atoms with van der Waals surface area (Å²) in [7, 11) is 0. The Hall–Kier alpha value is -2.30. The van der Waals surface area contributed by atoms with Crippen LogP contribution in [0.3, 0.4) is 0 Å². The number of ether oxygens (including phenoxy) is 1. The molecule has 0 aliphatic carbocycles. The molecule has 0 radical (unpaired) electrons. The summed E-state index contributed by atoms with van der Waals surface area (Å²) >= 11 is 7.67. The molecular formula is C25H26ClNO2S. The fraction of sp³-hybridized carbons (Fsp3) is 0.320. The van der Waals surface area contributed by atoms with E-state index >= 15 is 0 Å². The van der Waals surface area contributed by atoms with Crippen molar-refractivity contribution in [2.45, 2.75) is 51.5 Å². The van der Waals surface area contributed by atoms with Crippen molar-refractivity contribution in [2.24, 2.45) is 0 Å². The molecule has 156 valence electrons. The molecule has 5 heteroatoms. The molecule has 0 N–H and O–H groups in total. The molecule has 0 saturated carbocycles. The molecule has 0 aliphatic rings. The number of furan rings is 1. The van der Waals surface area contributed by atoms with Gasteiger partial charge in [-0.1, -0.05) is 50.5 Å². The molecule has 0 amide bonds. The molecule has 4 rings (SSSR count). The van der Waals surface area contributed by atoms with Gasteiger partial charge in [-0.3, -0.25) is 0 Å². The monoisotopic (exact) mass is 439 g/mol. The number of hydrogen-bond donors (Lipinski definition) is 0. The average molecular weight is 440 g/mol. The standard InChI is InChI=1S/C25H26ClNO2S/c1-2-3-4-5-10-21-17-30-25(27-21)24-14-20-13-22(11-12-23(20)29-24)28-16-19-9-7-6-8-18(19)15-26/h6-9,11-14,17H,2-5,10,15-16H2,1H3. The fourth-order valence-corrected chi connectivity index (χ4v) is 4.54. The summed E-state index contributed by atoms with van der Waals surface area (Å²) in [6, 6.07) is 16.1. The normalized spacial score (nSPS) is 11.3. The van der Waals surface area contributed by atoms with Gasteiger partial charge in [0.25, 0.3) is 0 Å². The first-order chi connectivity index (χ1) is 14.8. The van der Waals surface area contributed by atoms with Gasteiger partial charge in [0.15, 0.2) is 10.8 Å². The Kier molecular flexibility index (Phi) is 7.08. The van der Waals surface area contributed by atoms with E-state index in [4.69, 9.17) is 25.7 Å². The van der Waals surface area contributed by atoms with Gasteiger partial charge in [0, 0.05) is 16.6 Å². The van der Waals surface area contributed by atoms with Crippen molar-refractivity contribution in [1.29, 1.82) is 0 Å². The summed E-state index contributed by atoms with van der Waals surface area (Å²) < 4.78 is 12.1. The highest BCUT2D eigenvalue weighted by molar-refractivity contribution is 7.13. The van der Waals surface area contributed by atoms with Crippen LogP contribution in [0.4, 0.5) is 0 Å². The van der Waals surface area contributed by atoms with E-state index in [0.717, 1.165) is 50.7 Å². The van der Waals surface area contributed by atoms with Crippen LogP contribution in [0.1, 0.15) is 49.4 Å². The number of halogens is 1. The zero-order valence-corrected chi connectivity index (χ0v) is 18.8. The Morgan fingerprint density at radius 1 is 1.03 bits per heavy atom. The third kappa shape index (κ3) is 5.05. The minimum atomic E-state index is 0.484. The van der Waals surface area contributed by atoms with Gasteiger partial charge in [-0.2, -0.15) is 0 Å². The van der Waals surface area contributed by atoms with Crippen LogP contribution in [0.15, 0.2) is 58.3 Å². The van der Waals surface area contributed by atoms with Crippen LogP contribution < -0.4 is 4.74 Å². The summed E-state index contributed by atoms with van der Waals surface area (Å²) in [4.78, 5) is 4.77. The number of hydrogen-bond acceptors (Lipinski definition) is 4. The maximum atomic E-state index is 6.04. The van der Waals surface area contributed by atoms with Crippen molar-refractivity contribution in [3.8, 4) is 16.5 Å². The summed E-state index contributed by atoms with van der Waals surface area (Å²) in [6.07, 6.45) is 6.06. The van der Waals surface area contributed by atoms with Crippen LogP contribution in [0.5, 0.6) is 5.75 Å². The molecule has 2 heterocycles. The molecule has 3 nitrogen and oxygen atoms in total. The second-order valence-electron chi connectivity index (χ2n) is 7.46. The molecule has 0 unspecified atom stereocenters. The molecular weight excluding hydrogens is 414 g/mol. The van der Waals surface area contributed by atoms with E-state index in [2.05, 4.69) is 24.4 Å². The van der Waals surface area contributed by atoms with E-state index in [1.807, 2.05) is 36.4 Å². The second kappa shape index (κ2) is 10.1. The highest BCUT2D eigenvalue weighted by Gasteiger charge is 2.12. The number of rotatable bonds is 10. The summed E-state index contributed by atoms with van der Waals surface area (Å²) in [5.41, 5.74) is 4.21. The second-order valence-corrected chi connectivity index (χ2v) is 8.58. The average Bonchev–Trinajstić information content (AvgIpc) is 3.42. The van der Waals surface area contributed by atoms with Gasteiger partial charge in [-0.15, -0.1) is 22.9 Å². The van der Waals surface area contributed by atoms with Gasteiger partial charge >= 0.3 is 0 Å². The summed E-state index contributed by atoms with van der Waals surface area (Å²) in [5.74, 6) is 2.12. The van der Waals surface area contributed by atoms with Crippen molar-refractivity contribution in [2.75, 3.05) is 0 Å². The highest BCUT2D eigenvalue weighted by atomic mass is 35.5. The molecule has 4 aromatic rings. The van der Waals surface area contributed by atoms with Gasteiger partial charge in [-0.25, -0.2) is 4.98 Å². The number of thiazole rings is 1. The lowest BCUT2D eigenvalue weighted by Gasteiger charge is -2.09. The van der Waals surface area contributed by atoms with Gasteiger partial charge in [-0.05, 0) is 48.2 Å². The van der Waals surface area contributed by atoms with Gasteiger partial charge in [0.1, 0.15) is 17.9 Å². The molecule has 0 bridgehead atoms. The van der Waals surface area contributed by atoms with E-state index < -0.39 is 0 Å². The van der Waals surface area contributed by atoms with Gasteiger partial charge in [0.2, 0.25) is 0 Å². The number of unbranched alkanes of at least 4 members (excludes halogenated alkanes) is 3. The van der Waals surface area contributed by atoms with E-state index in [-0.39, 0.29) is 0 Å². The highest BCUT2D eigenvalue weighted by Crippen LogP contribution is 2.32. The lowest BCUT2D eigenvalue weighted by atomic mass is 10.1. The predicted octanol–water partition coefficient (Wildman–Crippen LogP) is 8.00. The zero-order valence-electron chi connectivity index (χ0n) is 17.2. The Morgan fingerprint density at radius 3 is 2.73 bits per heavy atom. The number of benzene rings is 2. The van der Waals surface area contributed by atoms with Crippen LogP contribution in [-0.4, -0.2) is 4.98 Å². The van der Waals surface area contributed by atoms with Crippen molar-refractivity contribution in [1.82, 2.24) is 4.98 Å². The predicted molar refractivity (Wildman–Crippen MR) is 125 cm³/mol. The van der Waals surface area contributed by atoms with Crippen LogP contribution in [-0.2, 0) is 18.9 Å². The minimum absolute atomic E-state index is 0.484. The molecule has 2 aromatic heterocycles. The van der Waals surface area contributed by atoms with E-state index in [9.17, 15) is 0 Å². The Morgan fingerprint density at radius 2 is 1.90 bits per heavy atom. The van der Waals surface area contributed by atoms with Crippen molar-refractivity contribution in [3.05, 3.63) is 70.7 Å². The van der Waals surface area contributed by atoms with E-state index in [1.54, 1.807) is 11.3 Å². The molecule has 30 heavy (non-hydrogen) atoms. The number of alkyl halides is 1. The molecule has 0 atom stereocenters. The van der Waals surface area contributed by atoms with Crippen LogP contribution in [0.2, 0.25) is 0 Å². The maximum Gasteiger partial charge on any atom is 0.164 e. The van der Waals surface area contributed by atoms with Crippen molar-refractivity contribution < 1.29 is 9.15 Å². The lowest BCUT2D eigenvalue weighted by molar-refractivity contribution is 0.305. The first-order valence-corrected chi connectivity index (χ1v) is 11.9. The van der Waals surface area contributed by atoms with Crippen molar-refractivity contribution >= 4 is 33.9 Å². The fourth-order valence-electron chi connectivity index (χ4n) is 3.47. The Balaban J connectivity index is 1.44. The quantitative estimate of drug-likeness (QED) is 0.185. The van der Waals surface area contributed by atoms with Crippen LogP contribution >= 0.6 is 22.9 Å². The summed E-state index contributed by atoms with van der Waals surface area (Å²) in [5, 5.41) is 4.11. The van der Waals surface area contributed by atoms with Crippen LogP contribution in [0.25, 0.3) is 21.7 Å². The number of aromatic nitrogens is 1. The largest absolute Gasteiger partial charge is 0.489 e. The van der Waals surface area contributed by atoms with Gasteiger partial charge < -0.3 is 9.15 Å². The minimum Gasteiger partial charge on any atom is -0.489 e. The number of nitrogens with zero attached hydrogens (tertiary/aromatic N) is 1. The lowest BCUT2D eigenvalue weighted by Crippen LogP contribution is -1.98. The van der Waals surface area contributed by atoms with Gasteiger partial charge in [0.05, 0.1) is 5.69 Å². The van der Waals surface area contributed by atoms with Crippen molar-refractivity contribution in [3.63, 3.8) is 0 Å². The maximum absolute atomic E-state index is 6.04. The Bertz CT molecular complexity index is 1100. The number of aryl methyl sites for hydroxylation is 1. The molecule has 0 fully saturated rings.